The first-order valence-electron chi connectivity index (χ1n) is 6.25. The molecule has 0 amide bonds. The van der Waals surface area contributed by atoms with E-state index < -0.39 is 5.63 Å². The molecular weight excluding hydrogens is 256 g/mol. The quantitative estimate of drug-likeness (QED) is 0.424. The summed E-state index contributed by atoms with van der Waals surface area (Å²) in [5, 5.41) is 12.2. The van der Waals surface area contributed by atoms with E-state index in [4.69, 9.17) is 8.83 Å². The normalized spacial score (nSPS) is 11.7. The van der Waals surface area contributed by atoms with Crippen molar-refractivity contribution in [1.29, 1.82) is 0 Å². The van der Waals surface area contributed by atoms with E-state index in [1.54, 1.807) is 0 Å². The summed E-state index contributed by atoms with van der Waals surface area (Å²) in [5.41, 5.74) is 0.941. The summed E-state index contributed by atoms with van der Waals surface area (Å²) in [6.45, 7) is -0.253. The smallest absolute Gasteiger partial charge is 0.347 e. The average molecular weight is 266 g/mol. The van der Waals surface area contributed by atoms with Crippen LogP contribution < -0.4 is 5.63 Å². The van der Waals surface area contributed by atoms with E-state index in [1.807, 2.05) is 36.4 Å². The summed E-state index contributed by atoms with van der Waals surface area (Å²) in [7, 11) is 0. The van der Waals surface area contributed by atoms with Crippen LogP contribution in [0.4, 0.5) is 0 Å². The van der Waals surface area contributed by atoms with E-state index in [9.17, 15) is 9.90 Å². The maximum Gasteiger partial charge on any atom is 0.347 e. The molecule has 0 aliphatic carbocycles. The van der Waals surface area contributed by atoms with Gasteiger partial charge in [-0.2, -0.15) is 0 Å². The third-order valence-electron chi connectivity index (χ3n) is 3.56. The monoisotopic (exact) mass is 266 g/mol. The number of hydrogen-bond donors (Lipinski definition) is 1. The van der Waals surface area contributed by atoms with Crippen LogP contribution in [0.3, 0.4) is 0 Å². The fraction of sp³-hybridized carbons (Fsp3) is 0.0625. The molecule has 0 atom stereocenters. The lowest BCUT2D eigenvalue weighted by molar-refractivity contribution is 0.281. The molecule has 0 unspecified atom stereocenters. The van der Waals surface area contributed by atoms with Crippen molar-refractivity contribution >= 4 is 32.7 Å². The van der Waals surface area contributed by atoms with Crippen LogP contribution in [0.25, 0.3) is 32.7 Å². The van der Waals surface area contributed by atoms with Crippen LogP contribution in [0.1, 0.15) is 5.56 Å². The standard InChI is InChI=1S/C16H10O4/c17-7-10-8-19-15-12-6-5-9-3-1-2-4-11(9)14(12)20-16(18)13(10)15/h1-6,8,17H,7H2. The Morgan fingerprint density at radius 2 is 1.85 bits per heavy atom. The van der Waals surface area contributed by atoms with Gasteiger partial charge in [0.1, 0.15) is 11.0 Å². The fourth-order valence-corrected chi connectivity index (χ4v) is 2.61. The van der Waals surface area contributed by atoms with Crippen LogP contribution >= 0.6 is 0 Å². The zero-order chi connectivity index (χ0) is 13.7. The Bertz CT molecular complexity index is 1010. The maximum absolute atomic E-state index is 12.1. The van der Waals surface area contributed by atoms with Gasteiger partial charge in [-0.15, -0.1) is 0 Å². The molecule has 0 spiro atoms. The molecule has 0 radical (unpaired) electrons. The molecule has 98 valence electrons. The van der Waals surface area contributed by atoms with Crippen molar-refractivity contribution in [2.75, 3.05) is 0 Å². The molecule has 4 nitrogen and oxygen atoms in total. The van der Waals surface area contributed by atoms with Crippen LogP contribution in [-0.2, 0) is 6.61 Å². The number of rotatable bonds is 1. The van der Waals surface area contributed by atoms with Gasteiger partial charge < -0.3 is 13.9 Å². The first kappa shape index (κ1) is 11.3. The number of aliphatic hydroxyl groups is 1. The highest BCUT2D eigenvalue weighted by molar-refractivity contribution is 6.12. The van der Waals surface area contributed by atoms with Crippen LogP contribution in [0.2, 0.25) is 0 Å². The summed E-state index contributed by atoms with van der Waals surface area (Å²) >= 11 is 0. The van der Waals surface area contributed by atoms with E-state index in [-0.39, 0.29) is 6.61 Å². The molecule has 0 bridgehead atoms. The summed E-state index contributed by atoms with van der Waals surface area (Å²) in [6, 6.07) is 11.5. The lowest BCUT2D eigenvalue weighted by Gasteiger charge is -2.02. The minimum absolute atomic E-state index is 0.253. The third kappa shape index (κ3) is 1.37. The maximum atomic E-state index is 12.1. The summed E-state index contributed by atoms with van der Waals surface area (Å²) < 4.78 is 10.9. The first-order chi connectivity index (χ1) is 9.79. The summed E-state index contributed by atoms with van der Waals surface area (Å²) in [4.78, 5) is 12.1. The van der Waals surface area contributed by atoms with Crippen molar-refractivity contribution in [2.45, 2.75) is 6.61 Å². The lowest BCUT2D eigenvalue weighted by Crippen LogP contribution is -2.01. The average Bonchev–Trinajstić information content (AvgIpc) is 2.92. The highest BCUT2D eigenvalue weighted by Gasteiger charge is 2.16. The van der Waals surface area contributed by atoms with Gasteiger partial charge in [0.2, 0.25) is 0 Å². The Hall–Kier alpha value is -2.59. The molecule has 4 aromatic rings. The van der Waals surface area contributed by atoms with Crippen molar-refractivity contribution in [3.05, 3.63) is 58.6 Å². The van der Waals surface area contributed by atoms with Gasteiger partial charge in [-0.1, -0.05) is 30.3 Å². The van der Waals surface area contributed by atoms with Crippen LogP contribution in [0.15, 0.2) is 56.3 Å². The van der Waals surface area contributed by atoms with E-state index >= 15 is 0 Å². The molecule has 2 aromatic heterocycles. The van der Waals surface area contributed by atoms with Gasteiger partial charge in [0.15, 0.2) is 5.58 Å². The van der Waals surface area contributed by atoms with Crippen LogP contribution in [0.5, 0.6) is 0 Å². The van der Waals surface area contributed by atoms with E-state index in [0.717, 1.165) is 16.2 Å². The first-order valence-corrected chi connectivity index (χ1v) is 6.25. The van der Waals surface area contributed by atoms with Gasteiger partial charge in [0.05, 0.1) is 18.3 Å². The predicted molar refractivity (Wildman–Crippen MR) is 75.7 cm³/mol. The van der Waals surface area contributed by atoms with Gasteiger partial charge in [0, 0.05) is 10.9 Å². The van der Waals surface area contributed by atoms with E-state index in [0.29, 0.717) is 22.1 Å². The minimum Gasteiger partial charge on any atom is -0.463 e. The van der Waals surface area contributed by atoms with Crippen molar-refractivity contribution in [3.8, 4) is 0 Å². The second-order valence-electron chi connectivity index (χ2n) is 4.68. The number of aliphatic hydroxyl groups excluding tert-OH is 1. The predicted octanol–water partition coefficient (Wildman–Crippen LogP) is 3.18. The van der Waals surface area contributed by atoms with Crippen LogP contribution in [-0.4, -0.2) is 5.11 Å². The molecule has 0 saturated heterocycles. The van der Waals surface area contributed by atoms with Crippen molar-refractivity contribution in [3.63, 3.8) is 0 Å². The largest absolute Gasteiger partial charge is 0.463 e. The number of hydrogen-bond acceptors (Lipinski definition) is 4. The Balaban J connectivity index is 2.31. The molecule has 2 aromatic carbocycles. The third-order valence-corrected chi connectivity index (χ3v) is 3.56. The SMILES string of the molecule is O=c1oc2c3ccccc3ccc2c2occ(CO)c12. The molecule has 1 N–H and O–H groups in total. The number of furan rings is 1. The molecule has 0 saturated carbocycles. The lowest BCUT2D eigenvalue weighted by atomic mass is 10.1. The van der Waals surface area contributed by atoms with Crippen molar-refractivity contribution in [1.82, 2.24) is 0 Å². The molecule has 0 fully saturated rings. The molecule has 0 aliphatic heterocycles. The Morgan fingerprint density at radius 1 is 1.00 bits per heavy atom. The second kappa shape index (κ2) is 3.95. The molecule has 4 heteroatoms. The highest BCUT2D eigenvalue weighted by atomic mass is 16.4. The van der Waals surface area contributed by atoms with Gasteiger partial charge in [0.25, 0.3) is 0 Å². The molecule has 0 aliphatic rings. The van der Waals surface area contributed by atoms with Gasteiger partial charge in [-0.3, -0.25) is 0 Å². The van der Waals surface area contributed by atoms with Gasteiger partial charge in [-0.25, -0.2) is 4.79 Å². The highest BCUT2D eigenvalue weighted by Crippen LogP contribution is 2.31. The van der Waals surface area contributed by atoms with E-state index in [1.165, 1.54) is 6.26 Å². The number of benzene rings is 2. The Morgan fingerprint density at radius 3 is 2.70 bits per heavy atom. The Kier molecular flexibility index (Phi) is 2.22. The minimum atomic E-state index is -0.485. The molecule has 4 rings (SSSR count). The van der Waals surface area contributed by atoms with E-state index in [2.05, 4.69) is 0 Å². The molecule has 2 heterocycles. The van der Waals surface area contributed by atoms with Crippen LogP contribution in [0, 0.1) is 0 Å². The number of fused-ring (bicyclic) bond motifs is 5. The summed E-state index contributed by atoms with van der Waals surface area (Å²) in [6.07, 6.45) is 1.40. The second-order valence-corrected chi connectivity index (χ2v) is 4.68. The zero-order valence-electron chi connectivity index (χ0n) is 10.4. The zero-order valence-corrected chi connectivity index (χ0v) is 10.4. The topological polar surface area (TPSA) is 63.6 Å². The molecule has 20 heavy (non-hydrogen) atoms. The van der Waals surface area contributed by atoms with Crippen molar-refractivity contribution in [2.24, 2.45) is 0 Å². The Labute approximate surface area is 112 Å². The van der Waals surface area contributed by atoms with Gasteiger partial charge in [-0.05, 0) is 11.5 Å². The van der Waals surface area contributed by atoms with Crippen molar-refractivity contribution < 1.29 is 13.9 Å². The fourth-order valence-electron chi connectivity index (χ4n) is 2.61. The summed E-state index contributed by atoms with van der Waals surface area (Å²) in [5.74, 6) is 0. The molecular formula is C16H10O4. The van der Waals surface area contributed by atoms with Gasteiger partial charge >= 0.3 is 5.63 Å².